The van der Waals surface area contributed by atoms with Crippen molar-refractivity contribution in [2.45, 2.75) is 27.7 Å². The molecule has 0 fully saturated rings. The Balaban J connectivity index is 2.20. The van der Waals surface area contributed by atoms with E-state index in [2.05, 4.69) is 71.7 Å². The Morgan fingerprint density at radius 3 is 1.54 bits per heavy atom. The van der Waals surface area contributed by atoms with Gasteiger partial charge in [-0.3, -0.25) is 0 Å². The van der Waals surface area contributed by atoms with Gasteiger partial charge >= 0.3 is 0 Å². The van der Waals surface area contributed by atoms with Crippen molar-refractivity contribution < 1.29 is 0 Å². The highest BCUT2D eigenvalue weighted by molar-refractivity contribution is 6.25. The van der Waals surface area contributed by atoms with Gasteiger partial charge in [0, 0.05) is 47.7 Å². The second kappa shape index (κ2) is 6.56. The van der Waals surface area contributed by atoms with Crippen LogP contribution in [0.15, 0.2) is 30.6 Å². The summed E-state index contributed by atoms with van der Waals surface area (Å²) >= 11 is 0. The lowest BCUT2D eigenvalue weighted by Gasteiger charge is -2.28. The fourth-order valence-electron chi connectivity index (χ4n) is 3.95. The molecule has 26 heavy (non-hydrogen) atoms. The third-order valence-corrected chi connectivity index (χ3v) is 5.33. The van der Waals surface area contributed by atoms with Crippen LogP contribution in [0.4, 0.5) is 11.6 Å². The summed E-state index contributed by atoms with van der Waals surface area (Å²) in [6.07, 6.45) is 1.65. The van der Waals surface area contributed by atoms with Gasteiger partial charge in [-0.2, -0.15) is 0 Å². The Kier molecular flexibility index (Phi) is 4.23. The molecule has 5 heteroatoms. The average Bonchev–Trinajstić information content (AvgIpc) is 2.69. The van der Waals surface area contributed by atoms with Crippen LogP contribution in [0.25, 0.3) is 32.6 Å². The molecule has 0 radical (unpaired) electrons. The van der Waals surface area contributed by atoms with Crippen molar-refractivity contribution in [1.29, 1.82) is 0 Å². The van der Waals surface area contributed by atoms with Crippen molar-refractivity contribution in [3.8, 4) is 0 Å². The van der Waals surface area contributed by atoms with Crippen LogP contribution in [0.3, 0.4) is 0 Å². The molecule has 0 spiro atoms. The van der Waals surface area contributed by atoms with Gasteiger partial charge in [0.2, 0.25) is 0 Å². The Morgan fingerprint density at radius 1 is 0.654 bits per heavy atom. The molecular weight excluding hydrogens is 322 g/mol. The molecule has 0 unspecified atom stereocenters. The zero-order valence-corrected chi connectivity index (χ0v) is 16.0. The smallest absolute Gasteiger partial charge is 0.138 e. The second-order valence-electron chi connectivity index (χ2n) is 6.49. The minimum atomic E-state index is 0.932. The molecule has 0 aliphatic rings. The lowest BCUT2D eigenvalue weighted by atomic mass is 9.99. The van der Waals surface area contributed by atoms with Gasteiger partial charge in [0.15, 0.2) is 0 Å². The Labute approximate surface area is 154 Å². The molecule has 5 nitrogen and oxygen atoms in total. The van der Waals surface area contributed by atoms with Crippen LogP contribution in [0.1, 0.15) is 27.7 Å². The first-order chi connectivity index (χ1) is 12.7. The molecule has 134 valence electrons. The van der Waals surface area contributed by atoms with Gasteiger partial charge in [0.1, 0.15) is 18.0 Å². The van der Waals surface area contributed by atoms with E-state index in [1.165, 1.54) is 16.2 Å². The van der Waals surface area contributed by atoms with Crippen molar-refractivity contribution >= 4 is 44.2 Å². The largest absolute Gasteiger partial charge is 0.357 e. The molecule has 0 atom stereocenters. The molecule has 0 bridgehead atoms. The first-order valence-corrected chi connectivity index (χ1v) is 9.52. The molecule has 0 aliphatic carbocycles. The van der Waals surface area contributed by atoms with E-state index in [0.29, 0.717) is 0 Å². The molecule has 2 heterocycles. The number of hydrogen-bond acceptors (Lipinski definition) is 5. The van der Waals surface area contributed by atoms with Crippen molar-refractivity contribution in [3.05, 3.63) is 30.6 Å². The number of anilines is 2. The molecule has 2 aromatic carbocycles. The lowest BCUT2D eigenvalue weighted by molar-refractivity contribution is 0.827. The predicted molar refractivity (Wildman–Crippen MR) is 111 cm³/mol. The van der Waals surface area contributed by atoms with Crippen molar-refractivity contribution in [2.24, 2.45) is 0 Å². The number of rotatable bonds is 6. The molecule has 0 amide bonds. The zero-order valence-electron chi connectivity index (χ0n) is 16.0. The van der Waals surface area contributed by atoms with E-state index in [1.54, 1.807) is 6.33 Å². The molecule has 2 aromatic heterocycles. The number of pyridine rings is 1. The van der Waals surface area contributed by atoms with Crippen molar-refractivity contribution in [2.75, 3.05) is 36.0 Å². The SMILES string of the molecule is CCN(CC)c1nc(N(CC)CC)c2ccc3ncnc4ccc1c2c43. The van der Waals surface area contributed by atoms with Crippen LogP contribution in [-0.2, 0) is 0 Å². The highest BCUT2D eigenvalue weighted by Crippen LogP contribution is 2.40. The maximum absolute atomic E-state index is 5.15. The van der Waals surface area contributed by atoms with E-state index >= 15 is 0 Å². The third-order valence-electron chi connectivity index (χ3n) is 5.33. The van der Waals surface area contributed by atoms with Gasteiger partial charge in [-0.25, -0.2) is 15.0 Å². The summed E-state index contributed by atoms with van der Waals surface area (Å²) in [5.41, 5.74) is 1.99. The minimum Gasteiger partial charge on any atom is -0.357 e. The first-order valence-electron chi connectivity index (χ1n) is 9.52. The molecule has 0 N–H and O–H groups in total. The number of aromatic nitrogens is 3. The minimum absolute atomic E-state index is 0.932. The quantitative estimate of drug-likeness (QED) is 0.482. The van der Waals surface area contributed by atoms with E-state index in [1.807, 2.05) is 0 Å². The lowest BCUT2D eigenvalue weighted by Crippen LogP contribution is -2.27. The topological polar surface area (TPSA) is 45.2 Å². The Morgan fingerprint density at radius 2 is 1.12 bits per heavy atom. The van der Waals surface area contributed by atoms with Gasteiger partial charge in [0.25, 0.3) is 0 Å². The maximum atomic E-state index is 5.15. The summed E-state index contributed by atoms with van der Waals surface area (Å²) in [6.45, 7) is 12.5. The van der Waals surface area contributed by atoms with Gasteiger partial charge in [-0.15, -0.1) is 0 Å². The number of hydrogen-bond donors (Lipinski definition) is 0. The zero-order chi connectivity index (χ0) is 18.3. The summed E-state index contributed by atoms with van der Waals surface area (Å²) < 4.78 is 0. The second-order valence-corrected chi connectivity index (χ2v) is 6.49. The standard InChI is InChI=1S/C21H25N5/c1-5-25(6-2)20-14-9-11-16-19-17(23-13-22-16)12-10-15(18(14)19)21(24-20)26(7-3)8-4/h9-13H,5-8H2,1-4H3. The molecule has 0 saturated carbocycles. The van der Waals surface area contributed by atoms with Crippen LogP contribution < -0.4 is 9.80 Å². The summed E-state index contributed by atoms with van der Waals surface area (Å²) in [6, 6.07) is 8.53. The van der Waals surface area contributed by atoms with Crippen LogP contribution in [0, 0.1) is 0 Å². The first kappa shape index (κ1) is 16.8. The summed E-state index contributed by atoms with van der Waals surface area (Å²) in [5, 5.41) is 4.76. The summed E-state index contributed by atoms with van der Waals surface area (Å²) in [5.74, 6) is 2.12. The molecule has 4 rings (SSSR count). The highest BCUT2D eigenvalue weighted by atomic mass is 15.2. The molecular formula is C21H25N5. The fourth-order valence-corrected chi connectivity index (χ4v) is 3.95. The Bertz CT molecular complexity index is 974. The molecule has 0 saturated heterocycles. The maximum Gasteiger partial charge on any atom is 0.138 e. The van der Waals surface area contributed by atoms with E-state index in [0.717, 1.165) is 54.2 Å². The monoisotopic (exact) mass is 347 g/mol. The van der Waals surface area contributed by atoms with Crippen LogP contribution in [0.5, 0.6) is 0 Å². The van der Waals surface area contributed by atoms with E-state index in [-0.39, 0.29) is 0 Å². The fraction of sp³-hybridized carbons (Fsp3) is 0.381. The number of benzene rings is 2. The van der Waals surface area contributed by atoms with E-state index in [4.69, 9.17) is 4.98 Å². The van der Waals surface area contributed by atoms with Crippen LogP contribution >= 0.6 is 0 Å². The number of nitrogens with zero attached hydrogens (tertiary/aromatic N) is 5. The van der Waals surface area contributed by atoms with Crippen LogP contribution in [-0.4, -0.2) is 41.1 Å². The average molecular weight is 347 g/mol. The molecule has 0 aliphatic heterocycles. The Hall–Kier alpha value is -2.69. The van der Waals surface area contributed by atoms with Gasteiger partial charge in [-0.1, -0.05) is 0 Å². The van der Waals surface area contributed by atoms with Gasteiger partial charge in [-0.05, 0) is 52.0 Å². The summed E-state index contributed by atoms with van der Waals surface area (Å²) in [4.78, 5) is 18.8. The normalized spacial score (nSPS) is 11.7. The third kappa shape index (κ3) is 2.34. The van der Waals surface area contributed by atoms with E-state index < -0.39 is 0 Å². The van der Waals surface area contributed by atoms with Crippen molar-refractivity contribution in [3.63, 3.8) is 0 Å². The van der Waals surface area contributed by atoms with Gasteiger partial charge in [0.05, 0.1) is 11.0 Å². The van der Waals surface area contributed by atoms with Crippen molar-refractivity contribution in [1.82, 2.24) is 15.0 Å². The van der Waals surface area contributed by atoms with Gasteiger partial charge < -0.3 is 9.80 Å². The predicted octanol–water partition coefficient (Wildman–Crippen LogP) is 4.46. The molecule has 4 aromatic rings. The van der Waals surface area contributed by atoms with Crippen LogP contribution in [0.2, 0.25) is 0 Å². The highest BCUT2D eigenvalue weighted by Gasteiger charge is 2.20. The summed E-state index contributed by atoms with van der Waals surface area (Å²) in [7, 11) is 0. The van der Waals surface area contributed by atoms with E-state index in [9.17, 15) is 0 Å².